The van der Waals surface area contributed by atoms with Crippen LogP contribution in [0.1, 0.15) is 42.4 Å². The lowest BCUT2D eigenvalue weighted by Gasteiger charge is -2.33. The van der Waals surface area contributed by atoms with Gasteiger partial charge in [0.1, 0.15) is 12.1 Å². The van der Waals surface area contributed by atoms with Crippen LogP contribution in [0.15, 0.2) is 48.5 Å². The molecule has 2 aromatic carbocycles. The number of benzene rings is 2. The lowest BCUT2D eigenvalue weighted by molar-refractivity contribution is -0.143. The van der Waals surface area contributed by atoms with Gasteiger partial charge in [0.2, 0.25) is 27.7 Å². The van der Waals surface area contributed by atoms with Crippen LogP contribution in [0.2, 0.25) is 5.02 Å². The molecule has 3 amide bonds. The third-order valence-corrected chi connectivity index (χ3v) is 8.68. The Balaban J connectivity index is 1.47. The van der Waals surface area contributed by atoms with E-state index in [-0.39, 0.29) is 43.6 Å². The van der Waals surface area contributed by atoms with Crippen LogP contribution >= 0.6 is 11.6 Å². The van der Waals surface area contributed by atoms with Gasteiger partial charge in [-0.2, -0.15) is 0 Å². The lowest BCUT2D eigenvalue weighted by Crippen LogP contribution is -2.55. The molecule has 39 heavy (non-hydrogen) atoms. The van der Waals surface area contributed by atoms with Gasteiger partial charge in [-0.3, -0.25) is 14.4 Å². The predicted octanol–water partition coefficient (Wildman–Crippen LogP) is 1.52. The summed E-state index contributed by atoms with van der Waals surface area (Å²) in [4.78, 5) is 42.6. The number of likely N-dealkylation sites (tertiary alicyclic amines) is 2. The molecular formula is C27H34ClN5O5S. The lowest BCUT2D eigenvalue weighted by atomic mass is 10.1. The van der Waals surface area contributed by atoms with Crippen LogP contribution in [0.4, 0.5) is 0 Å². The molecule has 4 rings (SSSR count). The van der Waals surface area contributed by atoms with E-state index in [4.69, 9.17) is 17.3 Å². The van der Waals surface area contributed by atoms with Crippen LogP contribution in [0.3, 0.4) is 0 Å². The minimum Gasteiger partial charge on any atom is -0.350 e. The van der Waals surface area contributed by atoms with Gasteiger partial charge in [0, 0.05) is 37.7 Å². The van der Waals surface area contributed by atoms with E-state index in [0.717, 1.165) is 17.5 Å². The molecule has 0 unspecified atom stereocenters. The summed E-state index contributed by atoms with van der Waals surface area (Å²) in [7, 11) is -3.96. The average Bonchev–Trinajstić information content (AvgIpc) is 3.36. The van der Waals surface area contributed by atoms with Gasteiger partial charge >= 0.3 is 0 Å². The largest absolute Gasteiger partial charge is 0.350 e. The van der Waals surface area contributed by atoms with E-state index in [1.54, 1.807) is 53.4 Å². The van der Waals surface area contributed by atoms with Crippen molar-refractivity contribution >= 4 is 39.3 Å². The van der Waals surface area contributed by atoms with Gasteiger partial charge in [-0.25, -0.2) is 13.1 Å². The summed E-state index contributed by atoms with van der Waals surface area (Å²) in [6.07, 6.45) is 1.58. The molecule has 0 aromatic heterocycles. The Bertz CT molecular complexity index is 1300. The molecule has 0 spiro atoms. The Morgan fingerprint density at radius 3 is 2.44 bits per heavy atom. The van der Waals surface area contributed by atoms with Gasteiger partial charge < -0.3 is 20.9 Å². The highest BCUT2D eigenvalue weighted by Gasteiger charge is 2.40. The molecule has 2 heterocycles. The molecule has 2 saturated heterocycles. The van der Waals surface area contributed by atoms with Crippen molar-refractivity contribution < 1.29 is 22.8 Å². The van der Waals surface area contributed by atoms with Crippen molar-refractivity contribution in [3.05, 3.63) is 70.2 Å². The summed E-state index contributed by atoms with van der Waals surface area (Å²) in [6.45, 7) is 1.92. The summed E-state index contributed by atoms with van der Waals surface area (Å²) >= 11 is 6.10. The molecule has 0 bridgehead atoms. The first-order chi connectivity index (χ1) is 18.7. The fraction of sp³-hybridized carbons (Fsp3) is 0.444. The summed E-state index contributed by atoms with van der Waals surface area (Å²) in [5.41, 5.74) is 7.98. The van der Waals surface area contributed by atoms with E-state index in [0.29, 0.717) is 36.5 Å². The second-order valence-corrected chi connectivity index (χ2v) is 12.1. The fourth-order valence-corrected chi connectivity index (χ4v) is 6.39. The number of nitrogens with zero attached hydrogens (tertiary/aromatic N) is 2. The van der Waals surface area contributed by atoms with Crippen LogP contribution in [-0.4, -0.2) is 67.7 Å². The van der Waals surface area contributed by atoms with Gasteiger partial charge in [0.25, 0.3) is 0 Å². The molecule has 2 aromatic rings. The molecule has 4 N–H and O–H groups in total. The van der Waals surface area contributed by atoms with Gasteiger partial charge in [-0.15, -0.1) is 0 Å². The van der Waals surface area contributed by atoms with Crippen molar-refractivity contribution in [2.45, 2.75) is 56.6 Å². The molecule has 2 fully saturated rings. The van der Waals surface area contributed by atoms with Crippen molar-refractivity contribution in [3.63, 3.8) is 0 Å². The van der Waals surface area contributed by atoms with Crippen molar-refractivity contribution in [2.75, 3.05) is 19.6 Å². The predicted molar refractivity (Wildman–Crippen MR) is 148 cm³/mol. The standard InChI is InChI=1S/C27H34ClN5O5S/c28-22-10-9-20(16-29)21(14-22)17-30-26(35)24-8-4-13-33(24)27(36)23(15-25(34)32-11-5-12-32)31-39(37,38)18-19-6-2-1-3-7-19/h1-3,6-7,9-10,14,23-24,31H,4-5,8,11-13,15-18,29H2,(H,30,35)/t23-,24+/m1/s1. The quantitative estimate of drug-likeness (QED) is 0.371. The van der Waals surface area contributed by atoms with Crippen LogP contribution < -0.4 is 15.8 Å². The maximum absolute atomic E-state index is 13.7. The van der Waals surface area contributed by atoms with E-state index < -0.39 is 28.0 Å². The number of carbonyl (C=O) groups excluding carboxylic acids is 3. The van der Waals surface area contributed by atoms with E-state index in [1.165, 1.54) is 4.90 Å². The number of carbonyl (C=O) groups is 3. The van der Waals surface area contributed by atoms with E-state index in [9.17, 15) is 22.8 Å². The highest BCUT2D eigenvalue weighted by atomic mass is 35.5. The summed E-state index contributed by atoms with van der Waals surface area (Å²) in [5.74, 6) is -1.56. The number of sulfonamides is 1. The molecule has 0 aliphatic carbocycles. The van der Waals surface area contributed by atoms with Crippen LogP contribution in [0.25, 0.3) is 0 Å². The topological polar surface area (TPSA) is 142 Å². The molecule has 0 saturated carbocycles. The van der Waals surface area contributed by atoms with Crippen LogP contribution in [0, 0.1) is 0 Å². The number of hydrogen-bond acceptors (Lipinski definition) is 6. The highest BCUT2D eigenvalue weighted by molar-refractivity contribution is 7.88. The molecule has 2 aliphatic rings. The summed E-state index contributed by atoms with van der Waals surface area (Å²) < 4.78 is 28.5. The van der Waals surface area contributed by atoms with Crippen LogP contribution in [-0.2, 0) is 43.2 Å². The number of amides is 3. The Morgan fingerprint density at radius 1 is 1.03 bits per heavy atom. The minimum atomic E-state index is -3.96. The molecule has 2 aliphatic heterocycles. The zero-order valence-electron chi connectivity index (χ0n) is 21.6. The second kappa shape index (κ2) is 12.9. The molecule has 2 atom stereocenters. The molecule has 210 valence electrons. The number of nitrogens with two attached hydrogens (primary N) is 1. The van der Waals surface area contributed by atoms with Crippen molar-refractivity contribution in [1.29, 1.82) is 0 Å². The number of hydrogen-bond donors (Lipinski definition) is 3. The summed E-state index contributed by atoms with van der Waals surface area (Å²) in [6, 6.07) is 11.8. The molecule has 10 nitrogen and oxygen atoms in total. The number of rotatable bonds is 11. The van der Waals surface area contributed by atoms with Gasteiger partial charge in [-0.1, -0.05) is 48.0 Å². The zero-order chi connectivity index (χ0) is 28.0. The monoisotopic (exact) mass is 575 g/mol. The fourth-order valence-electron chi connectivity index (χ4n) is 4.86. The summed E-state index contributed by atoms with van der Waals surface area (Å²) in [5, 5.41) is 3.38. The maximum atomic E-state index is 13.7. The zero-order valence-corrected chi connectivity index (χ0v) is 23.2. The second-order valence-electron chi connectivity index (χ2n) is 9.88. The van der Waals surface area contributed by atoms with E-state index in [2.05, 4.69) is 10.0 Å². The van der Waals surface area contributed by atoms with Crippen molar-refractivity contribution in [2.24, 2.45) is 5.73 Å². The van der Waals surface area contributed by atoms with Crippen molar-refractivity contribution in [3.8, 4) is 0 Å². The smallest absolute Gasteiger partial charge is 0.243 e. The Kier molecular flexibility index (Phi) is 9.60. The minimum absolute atomic E-state index is 0.186. The normalized spacial score (nSPS) is 17.9. The Labute approximate surface area is 233 Å². The average molecular weight is 576 g/mol. The van der Waals surface area contributed by atoms with Gasteiger partial charge in [-0.05, 0) is 48.1 Å². The van der Waals surface area contributed by atoms with E-state index in [1.807, 2.05) is 0 Å². The Hall–Kier alpha value is -2.99. The van der Waals surface area contributed by atoms with Gasteiger partial charge in [0.05, 0.1) is 12.2 Å². The molecule has 0 radical (unpaired) electrons. The maximum Gasteiger partial charge on any atom is 0.243 e. The first kappa shape index (κ1) is 29.0. The van der Waals surface area contributed by atoms with Gasteiger partial charge in [0.15, 0.2) is 0 Å². The highest BCUT2D eigenvalue weighted by Crippen LogP contribution is 2.22. The number of halogens is 1. The van der Waals surface area contributed by atoms with Crippen LogP contribution in [0.5, 0.6) is 0 Å². The molecular weight excluding hydrogens is 542 g/mol. The number of nitrogens with one attached hydrogen (secondary N) is 2. The molecule has 12 heteroatoms. The first-order valence-electron chi connectivity index (χ1n) is 13.0. The van der Waals surface area contributed by atoms with E-state index >= 15 is 0 Å². The van der Waals surface area contributed by atoms with Crippen molar-refractivity contribution in [1.82, 2.24) is 19.8 Å². The Morgan fingerprint density at radius 2 is 1.77 bits per heavy atom. The SMILES string of the molecule is NCc1ccc(Cl)cc1CNC(=O)[C@@H]1CCCN1C(=O)[C@@H](CC(=O)N1CCC1)NS(=O)(=O)Cc1ccccc1. The third-order valence-electron chi connectivity index (χ3n) is 7.09. The third kappa shape index (κ3) is 7.57. The first-order valence-corrected chi connectivity index (χ1v) is 15.1.